The molecule has 0 radical (unpaired) electrons. The van der Waals surface area contributed by atoms with Crippen molar-refractivity contribution in [2.75, 3.05) is 33.9 Å². The van der Waals surface area contributed by atoms with Crippen LogP contribution in [0.25, 0.3) is 0 Å². The van der Waals surface area contributed by atoms with E-state index in [0.717, 1.165) is 3.57 Å². The summed E-state index contributed by atoms with van der Waals surface area (Å²) in [6.45, 7) is 0.535. The third kappa shape index (κ3) is 4.92. The lowest BCUT2D eigenvalue weighted by Gasteiger charge is -2.21. The van der Waals surface area contributed by atoms with Crippen molar-refractivity contribution in [2.45, 2.75) is 0 Å². The maximum Gasteiger partial charge on any atom is 0.325 e. The SMILES string of the molecule is COCCN(CC(=O)OC)C(=O)c1ccc(Cl)cc1I. The van der Waals surface area contributed by atoms with Gasteiger partial charge in [-0.05, 0) is 40.8 Å². The average Bonchev–Trinajstić information content (AvgIpc) is 2.42. The van der Waals surface area contributed by atoms with Crippen LogP contribution in [0.15, 0.2) is 18.2 Å². The number of carbonyl (C=O) groups is 2. The van der Waals surface area contributed by atoms with Crippen LogP contribution in [-0.2, 0) is 14.3 Å². The Morgan fingerprint density at radius 2 is 2.05 bits per heavy atom. The van der Waals surface area contributed by atoms with Crippen molar-refractivity contribution in [3.05, 3.63) is 32.4 Å². The lowest BCUT2D eigenvalue weighted by molar-refractivity contribution is -0.141. The van der Waals surface area contributed by atoms with E-state index in [-0.39, 0.29) is 12.5 Å². The van der Waals surface area contributed by atoms with Crippen molar-refractivity contribution in [1.82, 2.24) is 4.90 Å². The predicted octanol–water partition coefficient (Wildman–Crippen LogP) is 2.21. The van der Waals surface area contributed by atoms with E-state index in [4.69, 9.17) is 16.3 Å². The number of methoxy groups -OCH3 is 2. The molecule has 1 aromatic carbocycles. The first-order chi connectivity index (χ1) is 9.49. The Balaban J connectivity index is 2.93. The van der Waals surface area contributed by atoms with E-state index in [2.05, 4.69) is 4.74 Å². The fraction of sp³-hybridized carbons (Fsp3) is 0.385. The molecule has 0 saturated heterocycles. The number of carbonyl (C=O) groups excluding carboxylic acids is 2. The summed E-state index contributed by atoms with van der Waals surface area (Å²) < 4.78 is 10.3. The number of hydrogen-bond donors (Lipinski definition) is 0. The van der Waals surface area contributed by atoms with Crippen LogP contribution in [0.1, 0.15) is 10.4 Å². The van der Waals surface area contributed by atoms with Crippen molar-refractivity contribution in [3.63, 3.8) is 0 Å². The zero-order valence-corrected chi connectivity index (χ0v) is 14.1. The first kappa shape index (κ1) is 17.2. The Morgan fingerprint density at radius 3 is 2.60 bits per heavy atom. The molecule has 0 aromatic heterocycles. The van der Waals surface area contributed by atoms with E-state index in [1.807, 2.05) is 22.6 Å². The summed E-state index contributed by atoms with van der Waals surface area (Å²) in [5.74, 6) is -0.730. The number of halogens is 2. The van der Waals surface area contributed by atoms with Crippen LogP contribution >= 0.6 is 34.2 Å². The molecule has 0 saturated carbocycles. The summed E-state index contributed by atoms with van der Waals surface area (Å²) >= 11 is 7.90. The van der Waals surface area contributed by atoms with Crippen LogP contribution in [0.4, 0.5) is 0 Å². The van der Waals surface area contributed by atoms with Crippen molar-refractivity contribution < 1.29 is 19.1 Å². The number of hydrogen-bond acceptors (Lipinski definition) is 4. The number of ether oxygens (including phenoxy) is 2. The molecule has 5 nitrogen and oxygen atoms in total. The fourth-order valence-corrected chi connectivity index (χ4v) is 2.61. The van der Waals surface area contributed by atoms with Crippen molar-refractivity contribution >= 4 is 46.1 Å². The largest absolute Gasteiger partial charge is 0.468 e. The van der Waals surface area contributed by atoms with Crippen LogP contribution in [0.2, 0.25) is 5.02 Å². The molecule has 1 rings (SSSR count). The zero-order valence-electron chi connectivity index (χ0n) is 11.2. The first-order valence-corrected chi connectivity index (χ1v) is 7.25. The number of nitrogens with zero attached hydrogens (tertiary/aromatic N) is 1. The van der Waals surface area contributed by atoms with Crippen LogP contribution in [0.5, 0.6) is 0 Å². The zero-order chi connectivity index (χ0) is 15.1. The second-order valence-electron chi connectivity index (χ2n) is 3.92. The minimum Gasteiger partial charge on any atom is -0.468 e. The highest BCUT2D eigenvalue weighted by Crippen LogP contribution is 2.19. The van der Waals surface area contributed by atoms with Gasteiger partial charge in [-0.25, -0.2) is 0 Å². The molecule has 0 atom stereocenters. The molecular formula is C13H15ClINO4. The van der Waals surface area contributed by atoms with Crippen molar-refractivity contribution in [2.24, 2.45) is 0 Å². The normalized spacial score (nSPS) is 10.2. The lowest BCUT2D eigenvalue weighted by Crippen LogP contribution is -2.38. The third-order valence-corrected chi connectivity index (χ3v) is 3.69. The summed E-state index contributed by atoms with van der Waals surface area (Å²) in [5, 5.41) is 0.558. The lowest BCUT2D eigenvalue weighted by atomic mass is 10.2. The van der Waals surface area contributed by atoms with Crippen molar-refractivity contribution in [1.29, 1.82) is 0 Å². The maximum atomic E-state index is 12.4. The topological polar surface area (TPSA) is 55.8 Å². The molecule has 0 aliphatic rings. The summed E-state index contributed by atoms with van der Waals surface area (Å²) in [5.41, 5.74) is 0.495. The molecule has 110 valence electrons. The number of esters is 1. The highest BCUT2D eigenvalue weighted by atomic mass is 127. The minimum absolute atomic E-state index is 0.114. The van der Waals surface area contributed by atoms with Gasteiger partial charge in [-0.15, -0.1) is 0 Å². The molecular weight excluding hydrogens is 397 g/mol. The Kier molecular flexibility index (Phi) is 7.25. The Labute approximate surface area is 136 Å². The molecule has 0 aliphatic carbocycles. The molecule has 0 aliphatic heterocycles. The summed E-state index contributed by atoms with van der Waals surface area (Å²) in [6, 6.07) is 4.98. The van der Waals surface area contributed by atoms with Gasteiger partial charge in [0.25, 0.3) is 5.91 Å². The van der Waals surface area contributed by atoms with Gasteiger partial charge >= 0.3 is 5.97 Å². The van der Waals surface area contributed by atoms with Gasteiger partial charge in [0.05, 0.1) is 19.3 Å². The second-order valence-corrected chi connectivity index (χ2v) is 5.52. The van der Waals surface area contributed by atoms with E-state index >= 15 is 0 Å². The number of rotatable bonds is 6. The van der Waals surface area contributed by atoms with Crippen molar-refractivity contribution in [3.8, 4) is 0 Å². The fourth-order valence-electron chi connectivity index (χ4n) is 1.51. The standard InChI is InChI=1S/C13H15ClINO4/c1-19-6-5-16(8-12(17)20-2)13(18)10-4-3-9(14)7-11(10)15/h3-4,7H,5-6,8H2,1-2H3. The van der Waals surface area contributed by atoms with Gasteiger partial charge in [0.15, 0.2) is 0 Å². The molecule has 0 N–H and O–H groups in total. The van der Waals surface area contributed by atoms with E-state index in [9.17, 15) is 9.59 Å². The molecule has 0 spiro atoms. The van der Waals surface area contributed by atoms with Gasteiger partial charge in [0.2, 0.25) is 0 Å². The highest BCUT2D eigenvalue weighted by Gasteiger charge is 2.21. The van der Waals surface area contributed by atoms with E-state index in [1.54, 1.807) is 18.2 Å². The smallest absolute Gasteiger partial charge is 0.325 e. The molecule has 1 aromatic rings. The second kappa shape index (κ2) is 8.43. The Hall–Kier alpha value is -0.860. The molecule has 20 heavy (non-hydrogen) atoms. The highest BCUT2D eigenvalue weighted by molar-refractivity contribution is 14.1. The van der Waals surface area contributed by atoms with Gasteiger partial charge < -0.3 is 14.4 Å². The Bertz CT molecular complexity index is 495. The Morgan fingerprint density at radius 1 is 1.35 bits per heavy atom. The van der Waals surface area contributed by atoms with Gasteiger partial charge in [-0.2, -0.15) is 0 Å². The summed E-state index contributed by atoms with van der Waals surface area (Å²) in [6.07, 6.45) is 0. The molecule has 7 heteroatoms. The van der Waals surface area contributed by atoms with E-state index < -0.39 is 5.97 Å². The average molecular weight is 412 g/mol. The van der Waals surface area contributed by atoms with Crippen LogP contribution in [-0.4, -0.2) is 50.7 Å². The van der Waals surface area contributed by atoms with Crippen LogP contribution < -0.4 is 0 Å². The molecule has 0 heterocycles. The number of amides is 1. The van der Waals surface area contributed by atoms with Gasteiger partial charge in [0, 0.05) is 22.2 Å². The molecule has 1 amide bonds. The number of benzene rings is 1. The predicted molar refractivity (Wildman–Crippen MR) is 84.0 cm³/mol. The monoisotopic (exact) mass is 411 g/mol. The molecule has 0 unspecified atom stereocenters. The third-order valence-electron chi connectivity index (χ3n) is 2.56. The van der Waals surface area contributed by atoms with Gasteiger partial charge in [-0.3, -0.25) is 9.59 Å². The maximum absolute atomic E-state index is 12.4. The van der Waals surface area contributed by atoms with E-state index in [1.165, 1.54) is 19.1 Å². The first-order valence-electron chi connectivity index (χ1n) is 5.79. The quantitative estimate of drug-likeness (QED) is 0.532. The summed E-state index contributed by atoms with van der Waals surface area (Å²) in [7, 11) is 2.82. The van der Waals surface area contributed by atoms with Gasteiger partial charge in [0.1, 0.15) is 6.54 Å². The summed E-state index contributed by atoms with van der Waals surface area (Å²) in [4.78, 5) is 25.2. The van der Waals surface area contributed by atoms with Crippen LogP contribution in [0.3, 0.4) is 0 Å². The minimum atomic E-state index is -0.474. The van der Waals surface area contributed by atoms with Crippen LogP contribution in [0, 0.1) is 3.57 Å². The molecule has 0 bridgehead atoms. The van der Waals surface area contributed by atoms with E-state index in [0.29, 0.717) is 23.7 Å². The van der Waals surface area contributed by atoms with Gasteiger partial charge in [-0.1, -0.05) is 11.6 Å². The molecule has 0 fully saturated rings.